The van der Waals surface area contributed by atoms with Crippen LogP contribution in [0.3, 0.4) is 0 Å². The van der Waals surface area contributed by atoms with Gasteiger partial charge < -0.3 is 20.6 Å². The standard InChI is InChI=1S/C21H29N5O3.H2O/c1-25-21(23-19(24-25)9-10-20(27)28)22-11-6-14-29-18-8-5-7-17(15-18)16-26-12-3-2-4-13-26;/h5,7-10,15H,2-4,6,11-14,16H2,1H3,(H,27,28)(H,22,23,24);1H2/b10-9+;. The molecule has 0 saturated carbocycles. The Balaban J connectivity index is 0.00000320. The van der Waals surface area contributed by atoms with E-state index in [0.717, 1.165) is 24.8 Å². The highest BCUT2D eigenvalue weighted by atomic mass is 16.5. The van der Waals surface area contributed by atoms with Crippen LogP contribution in [0.15, 0.2) is 30.3 Å². The summed E-state index contributed by atoms with van der Waals surface area (Å²) in [5.74, 6) is 0.834. The van der Waals surface area contributed by atoms with Crippen LogP contribution in [0.25, 0.3) is 6.08 Å². The highest BCUT2D eigenvalue weighted by Gasteiger charge is 2.10. The molecular weight excluding hydrogens is 386 g/mol. The molecule has 1 fully saturated rings. The van der Waals surface area contributed by atoms with Crippen molar-refractivity contribution in [3.63, 3.8) is 0 Å². The third kappa shape index (κ3) is 7.49. The van der Waals surface area contributed by atoms with Crippen LogP contribution in [0.2, 0.25) is 0 Å². The van der Waals surface area contributed by atoms with E-state index in [1.165, 1.54) is 44.0 Å². The van der Waals surface area contributed by atoms with Gasteiger partial charge in [0, 0.05) is 26.2 Å². The maximum Gasteiger partial charge on any atom is 0.328 e. The normalized spacial score (nSPS) is 14.4. The minimum atomic E-state index is -1.02. The summed E-state index contributed by atoms with van der Waals surface area (Å²) in [5.41, 5.74) is 1.29. The molecule has 1 aliphatic heterocycles. The van der Waals surface area contributed by atoms with Crippen molar-refractivity contribution in [1.29, 1.82) is 0 Å². The fourth-order valence-corrected chi connectivity index (χ4v) is 3.35. The number of carbonyl (C=O) groups is 1. The van der Waals surface area contributed by atoms with Crippen molar-refractivity contribution in [1.82, 2.24) is 19.7 Å². The fraction of sp³-hybridized carbons (Fsp3) is 0.476. The van der Waals surface area contributed by atoms with Gasteiger partial charge in [-0.2, -0.15) is 10.1 Å². The maximum atomic E-state index is 10.6. The van der Waals surface area contributed by atoms with Crippen LogP contribution in [0.1, 0.15) is 37.1 Å². The van der Waals surface area contributed by atoms with Crippen LogP contribution in [-0.4, -0.2) is 62.5 Å². The fourth-order valence-electron chi connectivity index (χ4n) is 3.35. The molecule has 1 aromatic heterocycles. The second-order valence-electron chi connectivity index (χ2n) is 7.20. The number of aromatic nitrogens is 3. The first-order valence-electron chi connectivity index (χ1n) is 10.1. The van der Waals surface area contributed by atoms with Gasteiger partial charge in [-0.25, -0.2) is 9.48 Å². The molecule has 0 atom stereocenters. The smallest absolute Gasteiger partial charge is 0.328 e. The minimum absolute atomic E-state index is 0. The third-order valence-electron chi connectivity index (χ3n) is 4.78. The SMILES string of the molecule is Cn1nc(/C=C/C(=O)O)nc1NCCCOc1cccc(CN2CCCCC2)c1.O. The lowest BCUT2D eigenvalue weighted by atomic mass is 10.1. The van der Waals surface area contributed by atoms with Gasteiger partial charge in [0.1, 0.15) is 5.75 Å². The number of rotatable bonds is 10. The number of likely N-dealkylation sites (tertiary alicyclic amines) is 1. The molecule has 4 N–H and O–H groups in total. The van der Waals surface area contributed by atoms with Gasteiger partial charge in [-0.15, -0.1) is 0 Å². The molecule has 0 bridgehead atoms. The molecule has 0 aliphatic carbocycles. The minimum Gasteiger partial charge on any atom is -0.494 e. The van der Waals surface area contributed by atoms with Crippen LogP contribution >= 0.6 is 0 Å². The zero-order valence-corrected chi connectivity index (χ0v) is 17.4. The molecule has 2 heterocycles. The number of carboxylic acid groups (broad SMARTS) is 1. The lowest BCUT2D eigenvalue weighted by Gasteiger charge is -2.26. The van der Waals surface area contributed by atoms with Crippen LogP contribution in [0.5, 0.6) is 5.75 Å². The van der Waals surface area contributed by atoms with E-state index in [0.29, 0.717) is 24.9 Å². The number of benzene rings is 1. The molecular formula is C21H31N5O4. The topological polar surface area (TPSA) is 124 Å². The van der Waals surface area contributed by atoms with Crippen molar-refractivity contribution in [2.45, 2.75) is 32.2 Å². The van der Waals surface area contributed by atoms with Crippen molar-refractivity contribution in [2.24, 2.45) is 7.05 Å². The van der Waals surface area contributed by atoms with Crippen molar-refractivity contribution < 1.29 is 20.1 Å². The highest BCUT2D eigenvalue weighted by molar-refractivity contribution is 5.84. The first-order chi connectivity index (χ1) is 14.1. The maximum absolute atomic E-state index is 10.6. The molecule has 0 radical (unpaired) electrons. The van der Waals surface area contributed by atoms with Gasteiger partial charge in [0.25, 0.3) is 0 Å². The molecule has 0 spiro atoms. The average molecular weight is 418 g/mol. The summed E-state index contributed by atoms with van der Waals surface area (Å²) in [6.07, 6.45) is 7.14. The van der Waals surface area contributed by atoms with E-state index in [1.807, 2.05) is 6.07 Å². The molecule has 30 heavy (non-hydrogen) atoms. The molecule has 2 aromatic rings. The number of nitrogens with one attached hydrogen (secondary N) is 1. The van der Waals surface area contributed by atoms with Crippen molar-refractivity contribution in [3.05, 3.63) is 41.7 Å². The summed E-state index contributed by atoms with van der Waals surface area (Å²) in [5, 5.41) is 16.0. The van der Waals surface area contributed by atoms with Crippen LogP contribution < -0.4 is 10.1 Å². The molecule has 1 aromatic carbocycles. The monoisotopic (exact) mass is 417 g/mol. The van der Waals surface area contributed by atoms with E-state index < -0.39 is 5.97 Å². The van der Waals surface area contributed by atoms with Crippen molar-refractivity contribution >= 4 is 18.0 Å². The molecule has 1 saturated heterocycles. The van der Waals surface area contributed by atoms with Crippen LogP contribution in [-0.2, 0) is 18.4 Å². The number of carboxylic acids is 1. The number of hydrogen-bond donors (Lipinski definition) is 2. The first kappa shape index (κ1) is 23.4. The number of ether oxygens (including phenoxy) is 1. The van der Waals surface area contributed by atoms with E-state index in [2.05, 4.69) is 38.5 Å². The van der Waals surface area contributed by atoms with Gasteiger partial charge in [0.15, 0.2) is 5.82 Å². The number of hydrogen-bond acceptors (Lipinski definition) is 6. The van der Waals surface area contributed by atoms with E-state index in [1.54, 1.807) is 11.7 Å². The second kappa shape index (κ2) is 11.9. The van der Waals surface area contributed by atoms with Gasteiger partial charge >= 0.3 is 5.97 Å². The molecule has 1 aliphatic rings. The summed E-state index contributed by atoms with van der Waals surface area (Å²) >= 11 is 0. The lowest BCUT2D eigenvalue weighted by Crippen LogP contribution is -2.29. The Morgan fingerprint density at radius 3 is 2.87 bits per heavy atom. The summed E-state index contributed by atoms with van der Waals surface area (Å²) < 4.78 is 7.49. The molecule has 164 valence electrons. The first-order valence-corrected chi connectivity index (χ1v) is 10.1. The van der Waals surface area contributed by atoms with Gasteiger partial charge in [0.05, 0.1) is 6.61 Å². The summed E-state index contributed by atoms with van der Waals surface area (Å²) in [6, 6.07) is 8.34. The van der Waals surface area contributed by atoms with E-state index >= 15 is 0 Å². The van der Waals surface area contributed by atoms with Gasteiger partial charge in [-0.3, -0.25) is 4.90 Å². The van der Waals surface area contributed by atoms with Gasteiger partial charge in [0.2, 0.25) is 5.95 Å². The zero-order chi connectivity index (χ0) is 20.5. The number of nitrogens with zero attached hydrogens (tertiary/aromatic N) is 4. The summed E-state index contributed by atoms with van der Waals surface area (Å²) in [4.78, 5) is 17.3. The lowest BCUT2D eigenvalue weighted by molar-refractivity contribution is -0.131. The van der Waals surface area contributed by atoms with Gasteiger partial charge in [-0.1, -0.05) is 18.6 Å². The van der Waals surface area contributed by atoms with E-state index in [-0.39, 0.29) is 5.48 Å². The van der Waals surface area contributed by atoms with E-state index in [4.69, 9.17) is 9.84 Å². The molecule has 0 unspecified atom stereocenters. The Morgan fingerprint density at radius 2 is 2.10 bits per heavy atom. The second-order valence-corrected chi connectivity index (χ2v) is 7.20. The third-order valence-corrected chi connectivity index (χ3v) is 4.78. The highest BCUT2D eigenvalue weighted by Crippen LogP contribution is 2.17. The van der Waals surface area contributed by atoms with Crippen LogP contribution in [0, 0.1) is 0 Å². The Bertz CT molecular complexity index is 831. The Morgan fingerprint density at radius 1 is 1.30 bits per heavy atom. The number of piperidine rings is 1. The molecule has 3 rings (SSSR count). The van der Waals surface area contributed by atoms with Crippen molar-refractivity contribution in [3.8, 4) is 5.75 Å². The van der Waals surface area contributed by atoms with Crippen molar-refractivity contribution in [2.75, 3.05) is 31.6 Å². The van der Waals surface area contributed by atoms with E-state index in [9.17, 15) is 4.79 Å². The largest absolute Gasteiger partial charge is 0.494 e. The van der Waals surface area contributed by atoms with Gasteiger partial charge in [-0.05, 0) is 56.1 Å². The number of anilines is 1. The number of aryl methyl sites for hydroxylation is 1. The molecule has 9 nitrogen and oxygen atoms in total. The summed E-state index contributed by atoms with van der Waals surface area (Å²) in [7, 11) is 1.76. The number of aliphatic carboxylic acids is 1. The molecule has 9 heteroatoms. The predicted molar refractivity (Wildman–Crippen MR) is 115 cm³/mol. The predicted octanol–water partition coefficient (Wildman–Crippen LogP) is 1.96. The Labute approximate surface area is 176 Å². The quantitative estimate of drug-likeness (QED) is 0.447. The Hall–Kier alpha value is -2.91. The van der Waals surface area contributed by atoms with Crippen LogP contribution in [0.4, 0.5) is 5.95 Å². The Kier molecular flexibility index (Phi) is 9.30. The zero-order valence-electron chi connectivity index (χ0n) is 17.4. The average Bonchev–Trinajstić information content (AvgIpc) is 3.07. The molecule has 0 amide bonds. The summed E-state index contributed by atoms with van der Waals surface area (Å²) in [6.45, 7) is 4.65.